The highest BCUT2D eigenvalue weighted by molar-refractivity contribution is 6.04. The first-order chi connectivity index (χ1) is 17.4. The molecule has 0 saturated carbocycles. The van der Waals surface area contributed by atoms with E-state index < -0.39 is 12.1 Å². The molecule has 0 spiro atoms. The lowest BCUT2D eigenvalue weighted by molar-refractivity contribution is -0.120. The van der Waals surface area contributed by atoms with Gasteiger partial charge in [0.25, 0.3) is 5.91 Å². The molecule has 2 heterocycles. The van der Waals surface area contributed by atoms with Gasteiger partial charge in [0.1, 0.15) is 6.04 Å². The molecule has 2 unspecified atom stereocenters. The number of nitrogens with one attached hydrogen (secondary N) is 4. The predicted octanol–water partition coefficient (Wildman–Crippen LogP) is 3.94. The van der Waals surface area contributed by atoms with E-state index in [0.29, 0.717) is 6.42 Å². The van der Waals surface area contributed by atoms with Gasteiger partial charge in [0.15, 0.2) is 0 Å². The van der Waals surface area contributed by atoms with Gasteiger partial charge in [0.05, 0.1) is 0 Å². The Morgan fingerprint density at radius 3 is 2.44 bits per heavy atom. The van der Waals surface area contributed by atoms with Gasteiger partial charge in [-0.2, -0.15) is 0 Å². The molecular weight excluding hydrogens is 454 g/mol. The summed E-state index contributed by atoms with van der Waals surface area (Å²) in [5, 5.41) is 9.15. The van der Waals surface area contributed by atoms with E-state index in [-0.39, 0.29) is 17.7 Å². The number of anilines is 1. The molecule has 190 valence electrons. The molecule has 8 heteroatoms. The van der Waals surface area contributed by atoms with Crippen LogP contribution in [-0.4, -0.2) is 53.4 Å². The maximum atomic E-state index is 12.6. The van der Waals surface area contributed by atoms with Crippen molar-refractivity contribution in [1.82, 2.24) is 20.5 Å². The Morgan fingerprint density at radius 2 is 1.81 bits per heavy atom. The SMILES string of the molecule is CCN(CC)CCc1c[nH]c2ccc(C(CCc3ccc(NC(C)=O)cc3)C3NC(=O)NC3=O)cc12. The number of nitrogens with zero attached hydrogens (tertiary/aromatic N) is 1. The van der Waals surface area contributed by atoms with Crippen molar-refractivity contribution in [1.29, 1.82) is 0 Å². The van der Waals surface area contributed by atoms with Crippen LogP contribution in [0, 0.1) is 0 Å². The largest absolute Gasteiger partial charge is 0.361 e. The van der Waals surface area contributed by atoms with E-state index >= 15 is 0 Å². The monoisotopic (exact) mass is 489 g/mol. The van der Waals surface area contributed by atoms with Crippen LogP contribution in [0.5, 0.6) is 0 Å². The Bertz CT molecular complexity index is 1230. The Balaban J connectivity index is 1.58. The second-order valence-corrected chi connectivity index (χ2v) is 9.36. The van der Waals surface area contributed by atoms with Crippen molar-refractivity contribution in [3.05, 3.63) is 65.4 Å². The number of fused-ring (bicyclic) bond motifs is 1. The van der Waals surface area contributed by atoms with Gasteiger partial charge in [-0.05, 0) is 73.3 Å². The average Bonchev–Trinajstić information content (AvgIpc) is 3.42. The summed E-state index contributed by atoms with van der Waals surface area (Å²) in [6.07, 6.45) is 4.43. The molecule has 1 saturated heterocycles. The second-order valence-electron chi connectivity index (χ2n) is 9.36. The smallest absolute Gasteiger partial charge is 0.322 e. The summed E-state index contributed by atoms with van der Waals surface area (Å²) in [5.41, 5.74) is 5.21. The fraction of sp³-hybridized carbons (Fsp3) is 0.393. The lowest BCUT2D eigenvalue weighted by Crippen LogP contribution is -2.35. The molecule has 0 bridgehead atoms. The van der Waals surface area contributed by atoms with Gasteiger partial charge >= 0.3 is 6.03 Å². The van der Waals surface area contributed by atoms with Gasteiger partial charge in [-0.1, -0.05) is 32.0 Å². The Morgan fingerprint density at radius 1 is 1.06 bits per heavy atom. The number of hydrogen-bond donors (Lipinski definition) is 4. The molecule has 36 heavy (non-hydrogen) atoms. The molecular formula is C28H35N5O3. The van der Waals surface area contributed by atoms with Crippen LogP contribution >= 0.6 is 0 Å². The summed E-state index contributed by atoms with van der Waals surface area (Å²) in [6, 6.07) is 12.9. The molecule has 4 N–H and O–H groups in total. The summed E-state index contributed by atoms with van der Waals surface area (Å²) in [6.45, 7) is 8.87. The topological polar surface area (TPSA) is 106 Å². The summed E-state index contributed by atoms with van der Waals surface area (Å²) in [4.78, 5) is 41.7. The quantitative estimate of drug-likeness (QED) is 0.306. The van der Waals surface area contributed by atoms with Crippen molar-refractivity contribution in [2.75, 3.05) is 25.0 Å². The molecule has 1 aromatic heterocycles. The number of aromatic nitrogens is 1. The molecule has 1 aliphatic heterocycles. The minimum atomic E-state index is -0.619. The van der Waals surface area contributed by atoms with Gasteiger partial charge < -0.3 is 20.5 Å². The number of imide groups is 1. The first kappa shape index (κ1) is 25.4. The Labute approximate surface area is 211 Å². The van der Waals surface area contributed by atoms with Gasteiger partial charge in [-0.3, -0.25) is 14.9 Å². The number of rotatable bonds is 11. The minimum Gasteiger partial charge on any atom is -0.361 e. The van der Waals surface area contributed by atoms with Crippen LogP contribution in [-0.2, 0) is 22.4 Å². The number of H-pyrrole nitrogens is 1. The van der Waals surface area contributed by atoms with E-state index in [9.17, 15) is 14.4 Å². The van der Waals surface area contributed by atoms with Crippen LogP contribution in [0.25, 0.3) is 10.9 Å². The fourth-order valence-electron chi connectivity index (χ4n) is 4.97. The maximum Gasteiger partial charge on any atom is 0.322 e. The fourth-order valence-corrected chi connectivity index (χ4v) is 4.97. The van der Waals surface area contributed by atoms with E-state index in [1.807, 2.05) is 24.3 Å². The molecule has 2 atom stereocenters. The van der Waals surface area contributed by atoms with E-state index in [1.165, 1.54) is 12.5 Å². The molecule has 1 aliphatic rings. The van der Waals surface area contributed by atoms with Crippen LogP contribution in [0.15, 0.2) is 48.7 Å². The summed E-state index contributed by atoms with van der Waals surface area (Å²) in [7, 11) is 0. The number of benzene rings is 2. The summed E-state index contributed by atoms with van der Waals surface area (Å²) < 4.78 is 0. The number of aryl methyl sites for hydroxylation is 1. The molecule has 4 rings (SSSR count). The first-order valence-corrected chi connectivity index (χ1v) is 12.7. The second kappa shape index (κ2) is 11.4. The molecule has 0 aliphatic carbocycles. The number of likely N-dealkylation sites (N-methyl/N-ethyl adjacent to an activating group) is 1. The zero-order chi connectivity index (χ0) is 25.7. The van der Waals surface area contributed by atoms with E-state index in [4.69, 9.17) is 0 Å². The zero-order valence-electron chi connectivity index (χ0n) is 21.2. The third kappa shape index (κ3) is 5.94. The Hall–Kier alpha value is -3.65. The highest BCUT2D eigenvalue weighted by Crippen LogP contribution is 2.31. The van der Waals surface area contributed by atoms with Crippen LogP contribution in [0.1, 0.15) is 49.8 Å². The van der Waals surface area contributed by atoms with E-state index in [0.717, 1.165) is 60.2 Å². The van der Waals surface area contributed by atoms with Crippen molar-refractivity contribution in [2.45, 2.75) is 52.0 Å². The van der Waals surface area contributed by atoms with Gasteiger partial charge in [-0.25, -0.2) is 4.79 Å². The van der Waals surface area contributed by atoms with Crippen molar-refractivity contribution in [3.63, 3.8) is 0 Å². The number of carbonyl (C=O) groups is 3. The number of hydrogen-bond acceptors (Lipinski definition) is 4. The third-order valence-electron chi connectivity index (χ3n) is 7.04. The van der Waals surface area contributed by atoms with Crippen molar-refractivity contribution in [3.8, 4) is 0 Å². The van der Waals surface area contributed by atoms with Gasteiger partial charge in [0.2, 0.25) is 5.91 Å². The Kier molecular flexibility index (Phi) is 8.05. The van der Waals surface area contributed by atoms with Gasteiger partial charge in [-0.15, -0.1) is 0 Å². The van der Waals surface area contributed by atoms with Crippen LogP contribution < -0.4 is 16.0 Å². The zero-order valence-corrected chi connectivity index (χ0v) is 21.2. The lowest BCUT2D eigenvalue weighted by Gasteiger charge is -2.23. The standard InChI is InChI=1S/C28H35N5O3/c1-4-33(5-2)15-14-21-17-29-25-13-9-20(16-24(21)25)23(26-27(35)32-28(36)31-26)12-8-19-6-10-22(11-7-19)30-18(3)34/h6-7,9-11,13,16-17,23,26,29H,4-5,8,12,14-15H2,1-3H3,(H,30,34)(H2,31,32,35,36). The van der Waals surface area contributed by atoms with Crippen molar-refractivity contribution in [2.24, 2.45) is 0 Å². The van der Waals surface area contributed by atoms with Crippen LogP contribution in [0.2, 0.25) is 0 Å². The van der Waals surface area contributed by atoms with Crippen LogP contribution in [0.4, 0.5) is 10.5 Å². The summed E-state index contributed by atoms with van der Waals surface area (Å²) >= 11 is 0. The maximum absolute atomic E-state index is 12.6. The highest BCUT2D eigenvalue weighted by Gasteiger charge is 2.37. The van der Waals surface area contributed by atoms with Gasteiger partial charge in [0, 0.05) is 42.2 Å². The number of urea groups is 1. The molecule has 2 aromatic carbocycles. The van der Waals surface area contributed by atoms with Crippen molar-refractivity contribution < 1.29 is 14.4 Å². The summed E-state index contributed by atoms with van der Waals surface area (Å²) in [5.74, 6) is -0.578. The van der Waals surface area contributed by atoms with E-state index in [2.05, 4.69) is 64.1 Å². The van der Waals surface area contributed by atoms with Crippen LogP contribution in [0.3, 0.4) is 0 Å². The lowest BCUT2D eigenvalue weighted by atomic mass is 9.85. The number of aromatic amines is 1. The highest BCUT2D eigenvalue weighted by atomic mass is 16.2. The predicted molar refractivity (Wildman–Crippen MR) is 142 cm³/mol. The van der Waals surface area contributed by atoms with E-state index in [1.54, 1.807) is 0 Å². The van der Waals surface area contributed by atoms with Crippen molar-refractivity contribution >= 4 is 34.4 Å². The molecule has 3 aromatic rings. The minimum absolute atomic E-state index is 0.109. The molecule has 1 fully saturated rings. The normalized spacial score (nSPS) is 16.3. The third-order valence-corrected chi connectivity index (χ3v) is 7.04. The number of carbonyl (C=O) groups excluding carboxylic acids is 3. The average molecular weight is 490 g/mol. The molecule has 0 radical (unpaired) electrons. The molecule has 4 amide bonds. The first-order valence-electron chi connectivity index (χ1n) is 12.7. The molecule has 8 nitrogen and oxygen atoms in total. The number of amides is 4.